The third kappa shape index (κ3) is 5.15. The lowest BCUT2D eigenvalue weighted by Crippen LogP contribution is -2.26. The van der Waals surface area contributed by atoms with E-state index in [1.807, 2.05) is 0 Å². The molecule has 0 bridgehead atoms. The van der Waals surface area contributed by atoms with Crippen LogP contribution in [-0.4, -0.2) is 21.6 Å². The van der Waals surface area contributed by atoms with Gasteiger partial charge >= 0.3 is 6.18 Å². The van der Waals surface area contributed by atoms with Crippen LogP contribution in [0.5, 0.6) is 17.4 Å². The molecule has 7 nitrogen and oxygen atoms in total. The molecule has 0 amide bonds. The molecule has 3 rings (SSSR count). The lowest BCUT2D eigenvalue weighted by atomic mass is 10.2. The number of ether oxygens (including phenoxy) is 2. The molecule has 0 N–H and O–H groups in total. The quantitative estimate of drug-likeness (QED) is 0.454. The minimum absolute atomic E-state index is 0.0472. The Bertz CT molecular complexity index is 1240. The molecule has 0 atom stereocenters. The number of methoxy groups -OCH3 is 1. The van der Waals surface area contributed by atoms with Gasteiger partial charge in [-0.25, -0.2) is 9.97 Å². The van der Waals surface area contributed by atoms with Gasteiger partial charge in [0.2, 0.25) is 11.6 Å². The molecule has 160 valence electrons. The summed E-state index contributed by atoms with van der Waals surface area (Å²) in [5, 5.41) is 9.08. The summed E-state index contributed by atoms with van der Waals surface area (Å²) in [7, 11) is 1.37. The topological polar surface area (TPSA) is 90.0 Å². The molecule has 0 unspecified atom stereocenters. The first-order valence-corrected chi connectivity index (χ1v) is 9.54. The predicted molar refractivity (Wildman–Crippen MR) is 107 cm³/mol. The zero-order valence-corrected chi connectivity index (χ0v) is 17.9. The van der Waals surface area contributed by atoms with Gasteiger partial charge in [-0.05, 0) is 46.3 Å². The molecule has 2 heterocycles. The van der Waals surface area contributed by atoms with Crippen LogP contribution in [0.1, 0.15) is 16.8 Å². The standard InChI is InChI=1S/C19H11BrClF3N4O3/c1-30-17-11(2-3-14(20)27-17)8-28-9-26-16(19(22,23)24)15(18(28)29)31-13-5-10(7-25)4-12(21)6-13/h2-6,9H,8H2,1H3. The summed E-state index contributed by atoms with van der Waals surface area (Å²) in [5.74, 6) is -1.09. The highest BCUT2D eigenvalue weighted by Crippen LogP contribution is 2.35. The van der Waals surface area contributed by atoms with Crippen LogP contribution in [-0.2, 0) is 12.7 Å². The number of hydrogen-bond donors (Lipinski definition) is 0. The van der Waals surface area contributed by atoms with Crippen LogP contribution in [0.2, 0.25) is 5.02 Å². The Balaban J connectivity index is 2.10. The zero-order valence-electron chi connectivity index (χ0n) is 15.6. The Morgan fingerprint density at radius 2 is 2.03 bits per heavy atom. The average molecular weight is 516 g/mol. The fourth-order valence-electron chi connectivity index (χ4n) is 2.61. The van der Waals surface area contributed by atoms with Crippen molar-refractivity contribution in [3.8, 4) is 23.4 Å². The highest BCUT2D eigenvalue weighted by atomic mass is 79.9. The van der Waals surface area contributed by atoms with E-state index in [2.05, 4.69) is 25.9 Å². The summed E-state index contributed by atoms with van der Waals surface area (Å²) in [6.45, 7) is -0.178. The van der Waals surface area contributed by atoms with Crippen LogP contribution in [0.15, 0.2) is 46.1 Å². The van der Waals surface area contributed by atoms with Crippen molar-refractivity contribution in [2.45, 2.75) is 12.7 Å². The van der Waals surface area contributed by atoms with Crippen molar-refractivity contribution in [2.75, 3.05) is 7.11 Å². The first kappa shape index (κ1) is 22.6. The Kier molecular flexibility index (Phi) is 6.52. The lowest BCUT2D eigenvalue weighted by molar-refractivity contribution is -0.142. The number of nitriles is 1. The molecule has 0 spiro atoms. The van der Waals surface area contributed by atoms with Gasteiger partial charge in [0, 0.05) is 10.6 Å². The maximum absolute atomic E-state index is 13.5. The average Bonchev–Trinajstić information content (AvgIpc) is 2.70. The Hall–Kier alpha value is -3.10. The van der Waals surface area contributed by atoms with E-state index in [1.54, 1.807) is 18.2 Å². The number of nitrogens with zero attached hydrogens (tertiary/aromatic N) is 4. The number of halogens is 5. The molecule has 12 heteroatoms. The van der Waals surface area contributed by atoms with Gasteiger partial charge in [-0.15, -0.1) is 0 Å². The van der Waals surface area contributed by atoms with Crippen LogP contribution in [0.25, 0.3) is 0 Å². The van der Waals surface area contributed by atoms with Crippen molar-refractivity contribution < 1.29 is 22.6 Å². The van der Waals surface area contributed by atoms with Crippen molar-refractivity contribution >= 4 is 27.5 Å². The molecule has 1 aromatic carbocycles. The zero-order chi connectivity index (χ0) is 22.8. The van der Waals surface area contributed by atoms with Crippen LogP contribution in [0, 0.1) is 11.3 Å². The van der Waals surface area contributed by atoms with E-state index in [4.69, 9.17) is 26.3 Å². The number of benzene rings is 1. The molecule has 0 aliphatic carbocycles. The maximum atomic E-state index is 13.5. The van der Waals surface area contributed by atoms with Gasteiger partial charge in [-0.1, -0.05) is 11.6 Å². The van der Waals surface area contributed by atoms with E-state index in [0.29, 0.717) is 10.2 Å². The third-order valence-electron chi connectivity index (χ3n) is 3.92. The molecule has 0 radical (unpaired) electrons. The summed E-state index contributed by atoms with van der Waals surface area (Å²) in [6, 6.07) is 8.63. The minimum Gasteiger partial charge on any atom is -0.481 e. The van der Waals surface area contributed by atoms with Crippen LogP contribution < -0.4 is 15.0 Å². The fraction of sp³-hybridized carbons (Fsp3) is 0.158. The summed E-state index contributed by atoms with van der Waals surface area (Å²) >= 11 is 9.06. The van der Waals surface area contributed by atoms with E-state index in [-0.39, 0.29) is 28.8 Å². The molecular formula is C19H11BrClF3N4O3. The third-order valence-corrected chi connectivity index (χ3v) is 4.58. The maximum Gasteiger partial charge on any atom is 0.437 e. The number of rotatable bonds is 5. The van der Waals surface area contributed by atoms with E-state index >= 15 is 0 Å². The first-order valence-electron chi connectivity index (χ1n) is 8.37. The monoisotopic (exact) mass is 514 g/mol. The smallest absolute Gasteiger partial charge is 0.437 e. The summed E-state index contributed by atoms with van der Waals surface area (Å²) in [5.41, 5.74) is -2.13. The number of hydrogen-bond acceptors (Lipinski definition) is 6. The largest absolute Gasteiger partial charge is 0.481 e. The number of pyridine rings is 1. The van der Waals surface area contributed by atoms with Gasteiger partial charge < -0.3 is 9.47 Å². The Morgan fingerprint density at radius 1 is 1.29 bits per heavy atom. The second-order valence-electron chi connectivity index (χ2n) is 6.04. The van der Waals surface area contributed by atoms with Crippen LogP contribution in [0.3, 0.4) is 0 Å². The van der Waals surface area contributed by atoms with Gasteiger partial charge in [0.15, 0.2) is 5.69 Å². The van der Waals surface area contributed by atoms with Crippen molar-refractivity contribution in [1.82, 2.24) is 14.5 Å². The van der Waals surface area contributed by atoms with Crippen LogP contribution >= 0.6 is 27.5 Å². The number of aromatic nitrogens is 3. The minimum atomic E-state index is -4.96. The predicted octanol–water partition coefficient (Wildman–Crippen LogP) is 4.79. The van der Waals surface area contributed by atoms with Gasteiger partial charge in [0.1, 0.15) is 10.4 Å². The highest BCUT2D eigenvalue weighted by molar-refractivity contribution is 9.10. The van der Waals surface area contributed by atoms with Crippen molar-refractivity contribution in [1.29, 1.82) is 5.26 Å². The lowest BCUT2D eigenvalue weighted by Gasteiger charge is -2.15. The van der Waals surface area contributed by atoms with Gasteiger partial charge in [0.05, 0.1) is 31.6 Å². The van der Waals surface area contributed by atoms with Gasteiger partial charge in [-0.2, -0.15) is 18.4 Å². The van der Waals surface area contributed by atoms with Crippen molar-refractivity contribution in [2.24, 2.45) is 0 Å². The highest BCUT2D eigenvalue weighted by Gasteiger charge is 2.38. The summed E-state index contributed by atoms with van der Waals surface area (Å²) in [6.07, 6.45) is -4.20. The van der Waals surface area contributed by atoms with E-state index in [9.17, 15) is 18.0 Å². The Morgan fingerprint density at radius 3 is 2.68 bits per heavy atom. The molecule has 0 aliphatic rings. The number of alkyl halides is 3. The molecule has 0 saturated carbocycles. The molecule has 0 fully saturated rings. The summed E-state index contributed by atoms with van der Waals surface area (Å²) < 4.78 is 52.2. The normalized spacial score (nSPS) is 11.1. The fourth-order valence-corrected chi connectivity index (χ4v) is 3.13. The van der Waals surface area contributed by atoms with Crippen molar-refractivity contribution in [3.63, 3.8) is 0 Å². The molecular weight excluding hydrogens is 505 g/mol. The second kappa shape index (κ2) is 8.95. The van der Waals surface area contributed by atoms with Crippen molar-refractivity contribution in [3.05, 3.63) is 73.5 Å². The van der Waals surface area contributed by atoms with E-state index < -0.39 is 23.2 Å². The van der Waals surface area contributed by atoms with Crippen LogP contribution in [0.4, 0.5) is 13.2 Å². The first-order chi connectivity index (χ1) is 14.6. The summed E-state index contributed by atoms with van der Waals surface area (Å²) in [4.78, 5) is 20.4. The molecule has 0 aliphatic heterocycles. The molecule has 0 saturated heterocycles. The van der Waals surface area contributed by atoms with E-state index in [1.165, 1.54) is 19.2 Å². The van der Waals surface area contributed by atoms with Gasteiger partial charge in [0.25, 0.3) is 5.56 Å². The molecule has 31 heavy (non-hydrogen) atoms. The van der Waals surface area contributed by atoms with E-state index in [0.717, 1.165) is 17.0 Å². The Labute approximate surface area is 186 Å². The molecule has 2 aromatic heterocycles. The second-order valence-corrected chi connectivity index (χ2v) is 7.29. The van der Waals surface area contributed by atoms with Gasteiger partial charge in [-0.3, -0.25) is 9.36 Å². The molecule has 3 aromatic rings. The SMILES string of the molecule is COc1nc(Br)ccc1Cn1cnc(C(F)(F)F)c(Oc2cc(Cl)cc(C#N)c2)c1=O.